The van der Waals surface area contributed by atoms with Crippen LogP contribution >= 0.6 is 11.6 Å². The zero-order valence-corrected chi connectivity index (χ0v) is 17.4. The van der Waals surface area contributed by atoms with E-state index in [1.807, 2.05) is 37.3 Å². The largest absolute Gasteiger partial charge is 0.375 e. The lowest BCUT2D eigenvalue weighted by molar-refractivity contribution is -0.136. The van der Waals surface area contributed by atoms with Crippen molar-refractivity contribution < 1.29 is 14.7 Å². The van der Waals surface area contributed by atoms with Gasteiger partial charge in [-0.05, 0) is 35.7 Å². The van der Waals surface area contributed by atoms with Gasteiger partial charge in [-0.25, -0.2) is 0 Å². The van der Waals surface area contributed by atoms with Crippen LogP contribution in [0.25, 0.3) is 0 Å². The number of hydrogen-bond acceptors (Lipinski definition) is 3. The first-order chi connectivity index (χ1) is 14.4. The highest BCUT2D eigenvalue weighted by atomic mass is 35.5. The minimum Gasteiger partial charge on any atom is -0.375 e. The van der Waals surface area contributed by atoms with Crippen molar-refractivity contribution in [2.75, 3.05) is 4.90 Å². The number of fused-ring (bicyclic) bond motifs is 1. The summed E-state index contributed by atoms with van der Waals surface area (Å²) in [5, 5.41) is 12.0. The summed E-state index contributed by atoms with van der Waals surface area (Å²) in [4.78, 5) is 27.8. The molecular formula is C25H22ClNO3. The van der Waals surface area contributed by atoms with Gasteiger partial charge in [0, 0.05) is 16.1 Å². The Hall–Kier alpha value is -2.95. The van der Waals surface area contributed by atoms with Gasteiger partial charge in [-0.1, -0.05) is 73.1 Å². The molecule has 3 aromatic rings. The number of amides is 1. The molecule has 152 valence electrons. The van der Waals surface area contributed by atoms with Crippen molar-refractivity contribution >= 4 is 29.0 Å². The Labute approximate surface area is 180 Å². The molecule has 0 spiro atoms. The highest BCUT2D eigenvalue weighted by molar-refractivity contribution is 6.30. The lowest BCUT2D eigenvalue weighted by Gasteiger charge is -2.23. The SMILES string of the molecule is CCc1ccc(C(=O)CC2(O)C(=O)N(Cc3cccc(Cl)c3)c3ccccc32)cc1. The highest BCUT2D eigenvalue weighted by Gasteiger charge is 2.50. The van der Waals surface area contributed by atoms with Crippen molar-refractivity contribution in [2.24, 2.45) is 0 Å². The Bertz CT molecular complexity index is 1110. The number of anilines is 1. The third kappa shape index (κ3) is 3.64. The quantitative estimate of drug-likeness (QED) is 0.577. The molecule has 4 nitrogen and oxygen atoms in total. The molecule has 1 aliphatic heterocycles. The molecule has 1 amide bonds. The van der Waals surface area contributed by atoms with Crippen molar-refractivity contribution in [3.8, 4) is 0 Å². The molecule has 0 radical (unpaired) electrons. The standard InChI is InChI=1S/C25H22ClNO3/c1-2-17-10-12-19(13-11-17)23(28)15-25(30)21-8-3-4-9-22(21)27(24(25)29)16-18-6-5-7-20(26)14-18/h3-14,30H,2,15-16H2,1H3. The maximum absolute atomic E-state index is 13.3. The number of nitrogens with zero attached hydrogens (tertiary/aromatic N) is 1. The van der Waals surface area contributed by atoms with Crippen molar-refractivity contribution in [3.05, 3.63) is 100 Å². The molecule has 1 aliphatic rings. The van der Waals surface area contributed by atoms with E-state index in [0.29, 0.717) is 21.8 Å². The predicted octanol–water partition coefficient (Wildman–Crippen LogP) is 4.91. The van der Waals surface area contributed by atoms with Gasteiger partial charge in [0.25, 0.3) is 5.91 Å². The summed E-state index contributed by atoms with van der Waals surface area (Å²) in [5.74, 6) is -0.768. The first-order valence-electron chi connectivity index (χ1n) is 9.93. The van der Waals surface area contributed by atoms with Crippen LogP contribution in [0.4, 0.5) is 5.69 Å². The fourth-order valence-corrected chi connectivity index (χ4v) is 4.13. The number of aryl methyl sites for hydroxylation is 1. The van der Waals surface area contributed by atoms with E-state index >= 15 is 0 Å². The number of hydrogen-bond donors (Lipinski definition) is 1. The second-order valence-electron chi connectivity index (χ2n) is 7.55. The molecular weight excluding hydrogens is 398 g/mol. The van der Waals surface area contributed by atoms with Crippen molar-refractivity contribution in [3.63, 3.8) is 0 Å². The molecule has 4 rings (SSSR count). The number of benzene rings is 3. The average Bonchev–Trinajstić information content (AvgIpc) is 2.96. The van der Waals surface area contributed by atoms with Crippen LogP contribution in [0, 0.1) is 0 Å². The lowest BCUT2D eigenvalue weighted by Crippen LogP contribution is -2.41. The van der Waals surface area contributed by atoms with Gasteiger partial charge in [-0.2, -0.15) is 0 Å². The van der Waals surface area contributed by atoms with E-state index in [1.54, 1.807) is 42.5 Å². The van der Waals surface area contributed by atoms with Gasteiger partial charge in [0.1, 0.15) is 0 Å². The first kappa shape index (κ1) is 20.3. The molecule has 3 aromatic carbocycles. The van der Waals surface area contributed by atoms with Gasteiger partial charge in [0.05, 0.1) is 18.7 Å². The molecule has 0 fully saturated rings. The maximum Gasteiger partial charge on any atom is 0.264 e. The molecule has 0 aromatic heterocycles. The first-order valence-corrected chi connectivity index (χ1v) is 10.3. The van der Waals surface area contributed by atoms with E-state index in [0.717, 1.165) is 17.5 Å². The van der Waals surface area contributed by atoms with Crippen LogP contribution < -0.4 is 4.90 Å². The summed E-state index contributed by atoms with van der Waals surface area (Å²) in [7, 11) is 0. The highest BCUT2D eigenvalue weighted by Crippen LogP contribution is 2.43. The van der Waals surface area contributed by atoms with Gasteiger partial charge in [-0.15, -0.1) is 0 Å². The third-order valence-electron chi connectivity index (χ3n) is 5.57. The number of carbonyl (C=O) groups excluding carboxylic acids is 2. The summed E-state index contributed by atoms with van der Waals surface area (Å²) in [6.45, 7) is 2.31. The summed E-state index contributed by atoms with van der Waals surface area (Å²) >= 11 is 6.08. The Morgan fingerprint density at radius 2 is 1.73 bits per heavy atom. The van der Waals surface area contributed by atoms with Crippen LogP contribution in [-0.2, 0) is 23.4 Å². The smallest absolute Gasteiger partial charge is 0.264 e. The van der Waals surface area contributed by atoms with Crippen LogP contribution in [0.2, 0.25) is 5.02 Å². The minimum absolute atomic E-state index is 0.262. The fraction of sp³-hybridized carbons (Fsp3) is 0.200. The molecule has 1 heterocycles. The second-order valence-corrected chi connectivity index (χ2v) is 7.99. The molecule has 1 atom stereocenters. The number of Topliss-reactive ketones (excluding diaryl/α,β-unsaturated/α-hetero) is 1. The van der Waals surface area contributed by atoms with Crippen LogP contribution in [0.15, 0.2) is 72.8 Å². The average molecular weight is 420 g/mol. The Morgan fingerprint density at radius 1 is 1.00 bits per heavy atom. The number of para-hydroxylation sites is 1. The normalized spacial score (nSPS) is 17.8. The maximum atomic E-state index is 13.3. The van der Waals surface area contributed by atoms with E-state index in [2.05, 4.69) is 0 Å². The molecule has 0 bridgehead atoms. The number of rotatable bonds is 6. The van der Waals surface area contributed by atoms with Gasteiger partial charge >= 0.3 is 0 Å². The predicted molar refractivity (Wildman–Crippen MR) is 118 cm³/mol. The van der Waals surface area contributed by atoms with Crippen molar-refractivity contribution in [2.45, 2.75) is 31.9 Å². The molecule has 0 saturated carbocycles. The summed E-state index contributed by atoms with van der Waals surface area (Å²) in [5.41, 5.74) is 1.63. The monoisotopic (exact) mass is 419 g/mol. The van der Waals surface area contributed by atoms with Gasteiger partial charge in [-0.3, -0.25) is 9.59 Å². The van der Waals surface area contributed by atoms with Gasteiger partial charge in [0.2, 0.25) is 0 Å². The second kappa shape index (κ2) is 8.05. The lowest BCUT2D eigenvalue weighted by atomic mass is 9.88. The Kier molecular flexibility index (Phi) is 5.46. The van der Waals surface area contributed by atoms with E-state index in [1.165, 1.54) is 4.90 Å². The minimum atomic E-state index is -1.89. The topological polar surface area (TPSA) is 57.6 Å². The van der Waals surface area contributed by atoms with Crippen LogP contribution in [0.1, 0.15) is 40.4 Å². The number of ketones is 1. The molecule has 5 heteroatoms. The Balaban J connectivity index is 1.65. The third-order valence-corrected chi connectivity index (χ3v) is 5.80. The van der Waals surface area contributed by atoms with Crippen molar-refractivity contribution in [1.82, 2.24) is 0 Å². The van der Waals surface area contributed by atoms with E-state index in [-0.39, 0.29) is 18.7 Å². The zero-order chi connectivity index (χ0) is 21.3. The molecule has 1 unspecified atom stereocenters. The molecule has 1 N–H and O–H groups in total. The van der Waals surface area contributed by atoms with Gasteiger partial charge < -0.3 is 10.0 Å². The summed E-state index contributed by atoms with van der Waals surface area (Å²) in [6, 6.07) is 21.6. The Morgan fingerprint density at radius 3 is 2.43 bits per heavy atom. The van der Waals surface area contributed by atoms with Gasteiger partial charge in [0.15, 0.2) is 11.4 Å². The summed E-state index contributed by atoms with van der Waals surface area (Å²) in [6.07, 6.45) is 0.573. The van der Waals surface area contributed by atoms with Crippen LogP contribution in [-0.4, -0.2) is 16.8 Å². The molecule has 30 heavy (non-hydrogen) atoms. The van der Waals surface area contributed by atoms with Crippen LogP contribution in [0.5, 0.6) is 0 Å². The van der Waals surface area contributed by atoms with E-state index < -0.39 is 11.5 Å². The fourth-order valence-electron chi connectivity index (χ4n) is 3.91. The number of carbonyl (C=O) groups is 2. The number of aliphatic hydroxyl groups is 1. The van der Waals surface area contributed by atoms with E-state index in [4.69, 9.17) is 11.6 Å². The molecule has 0 aliphatic carbocycles. The molecule has 0 saturated heterocycles. The summed E-state index contributed by atoms with van der Waals surface area (Å²) < 4.78 is 0. The zero-order valence-electron chi connectivity index (χ0n) is 16.6. The van der Waals surface area contributed by atoms with Crippen LogP contribution in [0.3, 0.4) is 0 Å². The number of halogens is 1. The van der Waals surface area contributed by atoms with Crippen molar-refractivity contribution in [1.29, 1.82) is 0 Å². The van der Waals surface area contributed by atoms with E-state index in [9.17, 15) is 14.7 Å².